The van der Waals surface area contributed by atoms with Crippen molar-refractivity contribution in [3.63, 3.8) is 0 Å². The molecule has 0 atom stereocenters. The van der Waals surface area contributed by atoms with Crippen molar-refractivity contribution in [3.8, 4) is 5.75 Å². The highest BCUT2D eigenvalue weighted by Gasteiger charge is 2.12. The molecule has 0 radical (unpaired) electrons. The van der Waals surface area contributed by atoms with Gasteiger partial charge < -0.3 is 15.0 Å². The molecule has 1 fully saturated rings. The van der Waals surface area contributed by atoms with E-state index in [1.807, 2.05) is 70.1 Å². The molecule has 39 heavy (non-hydrogen) atoms. The SMILES string of the molecule is CC.Cc1nc(N(C)C)c2ccccc2n1.c1ccc(COc2ccccc2CCNC2CCCCC2)cc1. The average Bonchev–Trinajstić information content (AvgIpc) is 2.98. The number of fused-ring (bicyclic) bond motifs is 1. The molecule has 0 unspecified atom stereocenters. The second-order valence-electron chi connectivity index (χ2n) is 9.93. The van der Waals surface area contributed by atoms with E-state index >= 15 is 0 Å². The molecule has 0 amide bonds. The Labute approximate surface area is 235 Å². The van der Waals surface area contributed by atoms with Crippen LogP contribution in [0.5, 0.6) is 5.75 Å². The lowest BCUT2D eigenvalue weighted by Gasteiger charge is -2.23. The van der Waals surface area contributed by atoms with Crippen LogP contribution in [-0.2, 0) is 13.0 Å². The van der Waals surface area contributed by atoms with Gasteiger partial charge in [0.25, 0.3) is 0 Å². The van der Waals surface area contributed by atoms with Crippen LogP contribution in [0.15, 0.2) is 78.9 Å². The molecule has 3 aromatic carbocycles. The molecule has 1 saturated carbocycles. The Bertz CT molecular complexity index is 1240. The van der Waals surface area contributed by atoms with Crippen molar-refractivity contribution in [2.75, 3.05) is 25.5 Å². The van der Waals surface area contributed by atoms with Crippen molar-refractivity contribution in [2.24, 2.45) is 0 Å². The van der Waals surface area contributed by atoms with Gasteiger partial charge in [0.1, 0.15) is 24.0 Å². The van der Waals surface area contributed by atoms with Gasteiger partial charge in [-0.15, -0.1) is 0 Å². The summed E-state index contributed by atoms with van der Waals surface area (Å²) in [5.74, 6) is 2.81. The number of ether oxygens (including phenoxy) is 1. The second kappa shape index (κ2) is 16.5. The number of aryl methyl sites for hydroxylation is 1. The van der Waals surface area contributed by atoms with Gasteiger partial charge in [0.05, 0.1) is 5.52 Å². The highest BCUT2D eigenvalue weighted by atomic mass is 16.5. The monoisotopic (exact) mass is 526 g/mol. The van der Waals surface area contributed by atoms with Crippen molar-refractivity contribution < 1.29 is 4.74 Å². The number of rotatable bonds is 8. The molecule has 1 N–H and O–H groups in total. The number of benzene rings is 3. The number of para-hydroxylation sites is 2. The summed E-state index contributed by atoms with van der Waals surface area (Å²) in [5, 5.41) is 4.82. The van der Waals surface area contributed by atoms with E-state index in [4.69, 9.17) is 4.74 Å². The molecule has 0 aliphatic heterocycles. The fourth-order valence-corrected chi connectivity index (χ4v) is 4.82. The van der Waals surface area contributed by atoms with Crippen molar-refractivity contribution in [2.45, 2.75) is 71.9 Å². The standard InChI is InChI=1S/C21H27NO.C11H13N3.C2H6/c1-3-9-18(10-4-1)17-23-21-14-8-7-11-19(21)15-16-22-20-12-5-2-6-13-20;1-8-12-10-7-5-4-6-9(10)11(13-8)14(2)3;1-2/h1,3-4,7-11,14,20,22H,2,5-6,12-13,15-17H2;4-7H,1-3H3;1-2H3. The van der Waals surface area contributed by atoms with Crippen LogP contribution in [0.4, 0.5) is 5.82 Å². The van der Waals surface area contributed by atoms with E-state index in [2.05, 4.69) is 63.8 Å². The van der Waals surface area contributed by atoms with Crippen LogP contribution in [0.3, 0.4) is 0 Å². The van der Waals surface area contributed by atoms with Crippen LogP contribution in [0.25, 0.3) is 10.9 Å². The summed E-state index contributed by atoms with van der Waals surface area (Å²) >= 11 is 0. The third-order valence-electron chi connectivity index (χ3n) is 6.76. The van der Waals surface area contributed by atoms with Gasteiger partial charge in [0.2, 0.25) is 0 Å². The fraction of sp³-hybridized carbons (Fsp3) is 0.412. The van der Waals surface area contributed by atoms with Crippen molar-refractivity contribution in [1.82, 2.24) is 15.3 Å². The molecular formula is C34H46N4O. The first-order chi connectivity index (χ1) is 19.1. The van der Waals surface area contributed by atoms with Crippen LogP contribution < -0.4 is 15.0 Å². The Morgan fingerprint density at radius 3 is 2.23 bits per heavy atom. The van der Waals surface area contributed by atoms with Gasteiger partial charge >= 0.3 is 0 Å². The Kier molecular flexibility index (Phi) is 12.7. The maximum atomic E-state index is 6.04. The lowest BCUT2D eigenvalue weighted by atomic mass is 9.95. The minimum absolute atomic E-state index is 0.633. The molecule has 5 rings (SSSR count). The molecular weight excluding hydrogens is 480 g/mol. The van der Waals surface area contributed by atoms with E-state index in [1.165, 1.54) is 43.2 Å². The zero-order valence-electron chi connectivity index (χ0n) is 24.5. The first-order valence-electron chi connectivity index (χ1n) is 14.5. The van der Waals surface area contributed by atoms with Crippen molar-refractivity contribution >= 4 is 16.7 Å². The minimum atomic E-state index is 0.633. The smallest absolute Gasteiger partial charge is 0.139 e. The second-order valence-corrected chi connectivity index (χ2v) is 9.93. The normalized spacial score (nSPS) is 13.1. The number of anilines is 1. The zero-order valence-corrected chi connectivity index (χ0v) is 24.5. The Morgan fingerprint density at radius 1 is 0.821 bits per heavy atom. The van der Waals surface area contributed by atoms with Crippen LogP contribution in [-0.4, -0.2) is 36.6 Å². The van der Waals surface area contributed by atoms with Gasteiger partial charge in [-0.3, -0.25) is 0 Å². The summed E-state index contributed by atoms with van der Waals surface area (Å²) < 4.78 is 6.04. The maximum absolute atomic E-state index is 6.04. The fourth-order valence-electron chi connectivity index (χ4n) is 4.82. The van der Waals surface area contributed by atoms with Gasteiger partial charge in [-0.25, -0.2) is 9.97 Å². The quantitative estimate of drug-likeness (QED) is 0.254. The lowest BCUT2D eigenvalue weighted by molar-refractivity contribution is 0.302. The van der Waals surface area contributed by atoms with Gasteiger partial charge in [-0.05, 0) is 62.1 Å². The number of nitrogens with one attached hydrogen (secondary N) is 1. The average molecular weight is 527 g/mol. The molecule has 0 spiro atoms. The first kappa shape index (κ1) is 30.1. The van der Waals surface area contributed by atoms with E-state index in [1.54, 1.807) is 0 Å². The van der Waals surface area contributed by atoms with Gasteiger partial charge in [0, 0.05) is 25.5 Å². The summed E-state index contributed by atoms with van der Waals surface area (Å²) in [6.45, 7) is 7.59. The van der Waals surface area contributed by atoms with E-state index in [9.17, 15) is 0 Å². The Balaban J connectivity index is 0.000000224. The van der Waals surface area contributed by atoms with Gasteiger partial charge in [-0.2, -0.15) is 0 Å². The number of aromatic nitrogens is 2. The summed E-state index contributed by atoms with van der Waals surface area (Å²) in [5.41, 5.74) is 3.51. The molecule has 0 saturated heterocycles. The molecule has 1 aliphatic rings. The lowest BCUT2D eigenvalue weighted by Crippen LogP contribution is -2.32. The van der Waals surface area contributed by atoms with E-state index in [0.29, 0.717) is 6.61 Å². The first-order valence-corrected chi connectivity index (χ1v) is 14.5. The van der Waals surface area contributed by atoms with Crippen LogP contribution in [0, 0.1) is 6.92 Å². The molecule has 0 bridgehead atoms. The van der Waals surface area contributed by atoms with Crippen LogP contribution in [0.2, 0.25) is 0 Å². The topological polar surface area (TPSA) is 50.3 Å². The molecule has 1 aromatic heterocycles. The molecule has 208 valence electrons. The van der Waals surface area contributed by atoms with E-state index in [-0.39, 0.29) is 0 Å². The summed E-state index contributed by atoms with van der Waals surface area (Å²) in [6.07, 6.45) is 7.89. The molecule has 5 heteroatoms. The maximum Gasteiger partial charge on any atom is 0.139 e. The molecule has 1 heterocycles. The zero-order chi connectivity index (χ0) is 27.9. The van der Waals surface area contributed by atoms with Gasteiger partial charge in [-0.1, -0.05) is 93.8 Å². The minimum Gasteiger partial charge on any atom is -0.489 e. The molecule has 1 aliphatic carbocycles. The largest absolute Gasteiger partial charge is 0.489 e. The Morgan fingerprint density at radius 2 is 1.49 bits per heavy atom. The highest BCUT2D eigenvalue weighted by Crippen LogP contribution is 2.22. The summed E-state index contributed by atoms with van der Waals surface area (Å²) in [7, 11) is 3.99. The summed E-state index contributed by atoms with van der Waals surface area (Å²) in [6, 6.07) is 27.6. The molecule has 4 aromatic rings. The number of hydrogen-bond acceptors (Lipinski definition) is 5. The summed E-state index contributed by atoms with van der Waals surface area (Å²) in [4.78, 5) is 10.8. The Hall–Kier alpha value is -3.44. The van der Waals surface area contributed by atoms with Crippen molar-refractivity contribution in [3.05, 3.63) is 95.8 Å². The van der Waals surface area contributed by atoms with Crippen LogP contribution in [0.1, 0.15) is 62.9 Å². The van der Waals surface area contributed by atoms with E-state index in [0.717, 1.165) is 47.3 Å². The van der Waals surface area contributed by atoms with Crippen molar-refractivity contribution in [1.29, 1.82) is 0 Å². The predicted molar refractivity (Wildman–Crippen MR) is 166 cm³/mol. The van der Waals surface area contributed by atoms with Gasteiger partial charge in [0.15, 0.2) is 0 Å². The molecule has 5 nitrogen and oxygen atoms in total. The van der Waals surface area contributed by atoms with Crippen LogP contribution >= 0.6 is 0 Å². The number of nitrogens with zero attached hydrogens (tertiary/aromatic N) is 3. The van der Waals surface area contributed by atoms with E-state index < -0.39 is 0 Å². The third kappa shape index (κ3) is 9.67. The third-order valence-corrected chi connectivity index (χ3v) is 6.76. The highest BCUT2D eigenvalue weighted by molar-refractivity contribution is 5.89. The predicted octanol–water partition coefficient (Wildman–Crippen LogP) is 7.76. The number of hydrogen-bond donors (Lipinski definition) is 1.